The van der Waals surface area contributed by atoms with Crippen molar-refractivity contribution < 1.29 is 21.5 Å². The maximum absolute atomic E-state index is 13.5. The van der Waals surface area contributed by atoms with Crippen molar-refractivity contribution in [2.24, 2.45) is 0 Å². The Hall–Kier alpha value is -1.02. The van der Waals surface area contributed by atoms with E-state index in [9.17, 15) is 21.5 Å². The molecule has 0 N–H and O–H groups in total. The highest BCUT2D eigenvalue weighted by Gasteiger charge is 2.39. The lowest BCUT2D eigenvalue weighted by molar-refractivity contribution is -0.117. The number of rotatable bonds is 2. The summed E-state index contributed by atoms with van der Waals surface area (Å²) in [7, 11) is -4.77. The van der Waals surface area contributed by atoms with Crippen LogP contribution in [-0.4, -0.2) is 26.1 Å². The van der Waals surface area contributed by atoms with Gasteiger partial charge in [-0.05, 0) is 40.5 Å². The van der Waals surface area contributed by atoms with E-state index in [1.807, 2.05) is 0 Å². The number of hydrogen-bond donors (Lipinski definition) is 0. The van der Waals surface area contributed by atoms with Crippen molar-refractivity contribution in [3.8, 4) is 0 Å². The molecular weight excluding hydrogens is 344 g/mol. The summed E-state index contributed by atoms with van der Waals surface area (Å²) in [6.45, 7) is 1.36. The average Bonchev–Trinajstić information content (AvgIpc) is 2.65. The molecule has 0 bridgehead atoms. The molecule has 1 aliphatic heterocycles. The van der Waals surface area contributed by atoms with Gasteiger partial charge in [0.25, 0.3) is 0 Å². The Morgan fingerprint density at radius 2 is 2.05 bits per heavy atom. The van der Waals surface area contributed by atoms with E-state index < -0.39 is 33.6 Å². The van der Waals surface area contributed by atoms with E-state index >= 15 is 0 Å². The Morgan fingerprint density at radius 1 is 1.42 bits per heavy atom. The van der Waals surface area contributed by atoms with Crippen molar-refractivity contribution in [2.75, 3.05) is 11.4 Å². The summed E-state index contributed by atoms with van der Waals surface area (Å²) in [5, 5.41) is -1.38. The standard InChI is InChI=1S/C11H10BrF2NO3S/c1-6-2-8(12)9(13)4-10(6)15-5-7(3-11(15)16)19(14,17)18/h2,4,7H,3,5H2,1H3. The third-order valence-electron chi connectivity index (χ3n) is 3.02. The lowest BCUT2D eigenvalue weighted by atomic mass is 10.2. The second-order valence-corrected chi connectivity index (χ2v) is 6.83. The van der Waals surface area contributed by atoms with Crippen LogP contribution < -0.4 is 4.90 Å². The molecule has 0 radical (unpaired) electrons. The number of aryl methyl sites for hydroxylation is 1. The lowest BCUT2D eigenvalue weighted by Gasteiger charge is -2.19. The highest BCUT2D eigenvalue weighted by Crippen LogP contribution is 2.31. The minimum absolute atomic E-state index is 0.245. The Kier molecular flexibility index (Phi) is 3.65. The van der Waals surface area contributed by atoms with Gasteiger partial charge in [-0.1, -0.05) is 0 Å². The van der Waals surface area contributed by atoms with E-state index in [-0.39, 0.29) is 16.7 Å². The number of hydrogen-bond acceptors (Lipinski definition) is 3. The molecule has 19 heavy (non-hydrogen) atoms. The van der Waals surface area contributed by atoms with Crippen LogP contribution in [0.3, 0.4) is 0 Å². The molecule has 4 nitrogen and oxygen atoms in total. The van der Waals surface area contributed by atoms with Crippen LogP contribution >= 0.6 is 15.9 Å². The fourth-order valence-electron chi connectivity index (χ4n) is 2.02. The summed E-state index contributed by atoms with van der Waals surface area (Å²) in [6, 6.07) is 2.61. The van der Waals surface area contributed by atoms with Crippen LogP contribution in [0.5, 0.6) is 0 Å². The number of carbonyl (C=O) groups excluding carboxylic acids is 1. The fourth-order valence-corrected chi connectivity index (χ4v) is 3.15. The van der Waals surface area contributed by atoms with Crippen LogP contribution in [0.25, 0.3) is 0 Å². The van der Waals surface area contributed by atoms with Crippen molar-refractivity contribution >= 4 is 37.7 Å². The first kappa shape index (κ1) is 14.4. The molecule has 1 fully saturated rings. The van der Waals surface area contributed by atoms with E-state index in [4.69, 9.17) is 0 Å². The summed E-state index contributed by atoms with van der Waals surface area (Å²) in [4.78, 5) is 12.8. The van der Waals surface area contributed by atoms with Gasteiger partial charge >= 0.3 is 10.2 Å². The number of nitrogens with zero attached hydrogens (tertiary/aromatic N) is 1. The first-order valence-corrected chi connectivity index (χ1v) is 7.63. The summed E-state index contributed by atoms with van der Waals surface area (Å²) in [6.07, 6.45) is -0.421. The van der Waals surface area contributed by atoms with E-state index in [1.54, 1.807) is 6.92 Å². The Balaban J connectivity index is 2.39. The van der Waals surface area contributed by atoms with Crippen molar-refractivity contribution in [1.29, 1.82) is 0 Å². The second kappa shape index (κ2) is 4.82. The number of anilines is 1. The third kappa shape index (κ3) is 2.79. The molecule has 1 unspecified atom stereocenters. The number of carbonyl (C=O) groups is 1. The topological polar surface area (TPSA) is 54.5 Å². The Bertz CT molecular complexity index is 648. The fraction of sp³-hybridized carbons (Fsp3) is 0.364. The van der Waals surface area contributed by atoms with E-state index in [0.717, 1.165) is 11.0 Å². The van der Waals surface area contributed by atoms with Gasteiger partial charge in [0.15, 0.2) is 0 Å². The normalized spacial score (nSPS) is 20.1. The highest BCUT2D eigenvalue weighted by atomic mass is 79.9. The summed E-state index contributed by atoms with van der Waals surface area (Å²) in [5.74, 6) is -1.10. The zero-order valence-electron chi connectivity index (χ0n) is 9.86. The largest absolute Gasteiger partial charge is 0.311 e. The first-order chi connectivity index (χ1) is 8.70. The minimum Gasteiger partial charge on any atom is -0.311 e. The molecule has 1 heterocycles. The predicted octanol–water partition coefficient (Wildman–Crippen LogP) is 2.30. The molecule has 0 aromatic heterocycles. The quantitative estimate of drug-likeness (QED) is 0.766. The molecule has 2 rings (SSSR count). The molecule has 1 aliphatic rings. The average molecular weight is 354 g/mol. The maximum Gasteiger partial charge on any atom is 0.307 e. The van der Waals surface area contributed by atoms with E-state index in [0.29, 0.717) is 5.56 Å². The van der Waals surface area contributed by atoms with Crippen LogP contribution in [0.15, 0.2) is 16.6 Å². The van der Waals surface area contributed by atoms with Gasteiger partial charge in [-0.15, -0.1) is 3.89 Å². The van der Waals surface area contributed by atoms with Gasteiger partial charge in [0.1, 0.15) is 11.1 Å². The monoisotopic (exact) mass is 353 g/mol. The van der Waals surface area contributed by atoms with E-state index in [1.165, 1.54) is 6.07 Å². The van der Waals surface area contributed by atoms with Crippen LogP contribution in [0.2, 0.25) is 0 Å². The number of benzene rings is 1. The maximum atomic E-state index is 13.5. The van der Waals surface area contributed by atoms with Crippen molar-refractivity contribution in [3.63, 3.8) is 0 Å². The minimum atomic E-state index is -4.77. The van der Waals surface area contributed by atoms with Crippen LogP contribution in [0.4, 0.5) is 14.0 Å². The van der Waals surface area contributed by atoms with Gasteiger partial charge in [-0.2, -0.15) is 8.42 Å². The predicted molar refractivity (Wildman–Crippen MR) is 69.6 cm³/mol. The first-order valence-electron chi connectivity index (χ1n) is 5.39. The summed E-state index contributed by atoms with van der Waals surface area (Å²) >= 11 is 3.01. The summed E-state index contributed by atoms with van der Waals surface area (Å²) in [5.41, 5.74) is 0.857. The molecule has 0 aliphatic carbocycles. The van der Waals surface area contributed by atoms with Crippen LogP contribution in [-0.2, 0) is 15.0 Å². The Morgan fingerprint density at radius 3 is 2.58 bits per heavy atom. The second-order valence-electron chi connectivity index (χ2n) is 4.36. The molecule has 1 aromatic carbocycles. The molecule has 1 saturated heterocycles. The van der Waals surface area contributed by atoms with Crippen LogP contribution in [0, 0.1) is 12.7 Å². The SMILES string of the molecule is Cc1cc(Br)c(F)cc1N1CC(S(=O)(=O)F)CC1=O. The van der Waals surface area contributed by atoms with Gasteiger partial charge in [0.2, 0.25) is 5.91 Å². The van der Waals surface area contributed by atoms with Crippen molar-refractivity contribution in [1.82, 2.24) is 0 Å². The van der Waals surface area contributed by atoms with Gasteiger partial charge in [-0.25, -0.2) is 4.39 Å². The number of amides is 1. The lowest BCUT2D eigenvalue weighted by Crippen LogP contribution is -2.27. The molecule has 1 atom stereocenters. The zero-order valence-corrected chi connectivity index (χ0v) is 12.3. The molecule has 8 heteroatoms. The van der Waals surface area contributed by atoms with Crippen molar-refractivity contribution in [3.05, 3.63) is 28.0 Å². The van der Waals surface area contributed by atoms with Crippen molar-refractivity contribution in [2.45, 2.75) is 18.6 Å². The smallest absolute Gasteiger partial charge is 0.307 e. The van der Waals surface area contributed by atoms with Gasteiger partial charge in [0, 0.05) is 18.7 Å². The highest BCUT2D eigenvalue weighted by molar-refractivity contribution is 9.10. The molecule has 1 aromatic rings. The Labute approximate surface area is 117 Å². The molecule has 0 saturated carbocycles. The summed E-state index contributed by atoms with van der Waals surface area (Å²) < 4.78 is 48.3. The molecular formula is C11H10BrF2NO3S. The third-order valence-corrected chi connectivity index (χ3v) is 4.74. The molecule has 1 amide bonds. The van der Waals surface area contributed by atoms with Gasteiger partial charge in [-0.3, -0.25) is 4.79 Å². The van der Waals surface area contributed by atoms with Gasteiger partial charge < -0.3 is 4.90 Å². The molecule has 0 spiro atoms. The van der Waals surface area contributed by atoms with Gasteiger partial charge in [0.05, 0.1) is 4.47 Å². The van der Waals surface area contributed by atoms with E-state index in [2.05, 4.69) is 15.9 Å². The number of halogens is 3. The van der Waals surface area contributed by atoms with Crippen LogP contribution in [0.1, 0.15) is 12.0 Å². The zero-order chi connectivity index (χ0) is 14.4. The molecule has 104 valence electrons.